The van der Waals surface area contributed by atoms with Crippen LogP contribution in [0.4, 0.5) is 8.78 Å². The Kier molecular flexibility index (Phi) is 2.98. The molecule has 0 unspecified atom stereocenters. The Morgan fingerprint density at radius 3 is 2.85 bits per heavy atom. The summed E-state index contributed by atoms with van der Waals surface area (Å²) in [7, 11) is 0. The molecule has 0 radical (unpaired) electrons. The first-order valence-electron chi connectivity index (χ1n) is 4.17. The van der Waals surface area contributed by atoms with Crippen LogP contribution < -0.4 is 5.73 Å². The van der Waals surface area contributed by atoms with Gasteiger partial charge in [0.15, 0.2) is 0 Å². The van der Waals surface area contributed by atoms with Crippen LogP contribution in [0.3, 0.4) is 0 Å². The lowest BCUT2D eigenvalue weighted by Crippen LogP contribution is -2.31. The molecule has 1 aromatic heterocycles. The van der Waals surface area contributed by atoms with Crippen LogP contribution in [-0.4, -0.2) is 22.0 Å². The van der Waals surface area contributed by atoms with E-state index in [1.165, 1.54) is 6.20 Å². The van der Waals surface area contributed by atoms with E-state index in [9.17, 15) is 8.78 Å². The first-order chi connectivity index (χ1) is 6.09. The third-order valence-electron chi connectivity index (χ3n) is 1.86. The van der Waals surface area contributed by atoms with E-state index in [1.807, 2.05) is 6.92 Å². The van der Waals surface area contributed by atoms with Crippen molar-refractivity contribution in [2.45, 2.75) is 25.8 Å². The molecule has 0 amide bonds. The summed E-state index contributed by atoms with van der Waals surface area (Å²) in [4.78, 5) is 3.85. The van der Waals surface area contributed by atoms with E-state index in [2.05, 4.69) is 4.98 Å². The molecule has 1 rings (SSSR count). The number of rotatable bonds is 4. The third-order valence-corrected chi connectivity index (χ3v) is 1.86. The van der Waals surface area contributed by atoms with Gasteiger partial charge in [-0.2, -0.15) is 0 Å². The monoisotopic (exact) mass is 189 g/mol. The largest absolute Gasteiger partial charge is 0.335 e. The summed E-state index contributed by atoms with van der Waals surface area (Å²) in [6.45, 7) is 1.89. The molecule has 3 nitrogen and oxygen atoms in total. The van der Waals surface area contributed by atoms with Crippen molar-refractivity contribution in [3.63, 3.8) is 0 Å². The molecule has 1 aromatic rings. The molecular weight excluding hydrogens is 176 g/mol. The maximum absolute atomic E-state index is 12.9. The molecular formula is C8H13F2N3. The van der Waals surface area contributed by atoms with Gasteiger partial charge in [-0.1, -0.05) is 0 Å². The first-order valence-corrected chi connectivity index (χ1v) is 4.17. The van der Waals surface area contributed by atoms with Gasteiger partial charge in [0.1, 0.15) is 5.82 Å². The highest BCUT2D eigenvalue weighted by molar-refractivity contribution is 4.96. The Hall–Kier alpha value is -0.970. The number of alkyl halides is 2. The second-order valence-corrected chi connectivity index (χ2v) is 2.87. The molecule has 0 aliphatic heterocycles. The molecule has 0 bridgehead atoms. The zero-order valence-corrected chi connectivity index (χ0v) is 7.50. The molecule has 0 saturated carbocycles. The molecule has 0 spiro atoms. The van der Waals surface area contributed by atoms with E-state index in [-0.39, 0.29) is 6.42 Å². The van der Waals surface area contributed by atoms with Crippen LogP contribution in [0, 0.1) is 0 Å². The molecule has 13 heavy (non-hydrogen) atoms. The standard InChI is InChI=1S/C8H13F2N3/c1-2-13-4-3-12-7(13)5-8(9,10)6-11/h3-4H,2,5-6,11H2,1H3. The maximum atomic E-state index is 12.9. The summed E-state index contributed by atoms with van der Waals surface area (Å²) in [6.07, 6.45) is 2.82. The van der Waals surface area contributed by atoms with Gasteiger partial charge in [-0.3, -0.25) is 0 Å². The Bertz CT molecular complexity index is 270. The number of aryl methyl sites for hydroxylation is 1. The zero-order chi connectivity index (χ0) is 9.90. The van der Waals surface area contributed by atoms with Gasteiger partial charge in [-0.25, -0.2) is 13.8 Å². The van der Waals surface area contributed by atoms with Crippen LogP contribution in [0.25, 0.3) is 0 Å². The van der Waals surface area contributed by atoms with Crippen molar-refractivity contribution >= 4 is 0 Å². The second-order valence-electron chi connectivity index (χ2n) is 2.87. The van der Waals surface area contributed by atoms with Crippen molar-refractivity contribution < 1.29 is 8.78 Å². The normalized spacial score (nSPS) is 12.0. The van der Waals surface area contributed by atoms with Gasteiger partial charge in [0, 0.05) is 18.9 Å². The summed E-state index contributed by atoms with van der Waals surface area (Å²) >= 11 is 0. The fraction of sp³-hybridized carbons (Fsp3) is 0.625. The van der Waals surface area contributed by atoms with E-state index in [1.54, 1.807) is 10.8 Å². The molecule has 74 valence electrons. The predicted octanol–water partition coefficient (Wildman–Crippen LogP) is 1.04. The number of aromatic nitrogens is 2. The minimum absolute atomic E-state index is 0.385. The van der Waals surface area contributed by atoms with Crippen molar-refractivity contribution in [2.24, 2.45) is 5.73 Å². The van der Waals surface area contributed by atoms with Crippen molar-refractivity contribution in [2.75, 3.05) is 6.54 Å². The van der Waals surface area contributed by atoms with Crippen molar-refractivity contribution in [1.82, 2.24) is 9.55 Å². The van der Waals surface area contributed by atoms with Crippen LogP contribution in [0.2, 0.25) is 0 Å². The van der Waals surface area contributed by atoms with Crippen molar-refractivity contribution in [1.29, 1.82) is 0 Å². The Morgan fingerprint density at radius 2 is 2.31 bits per heavy atom. The summed E-state index contributed by atoms with van der Waals surface area (Å²) in [6, 6.07) is 0. The minimum Gasteiger partial charge on any atom is -0.335 e. The lowest BCUT2D eigenvalue weighted by atomic mass is 10.2. The van der Waals surface area contributed by atoms with E-state index >= 15 is 0 Å². The van der Waals surface area contributed by atoms with Crippen molar-refractivity contribution in [3.8, 4) is 0 Å². The number of nitrogens with zero attached hydrogens (tertiary/aromatic N) is 2. The summed E-state index contributed by atoms with van der Waals surface area (Å²) in [5.74, 6) is -2.46. The average Bonchev–Trinajstić information content (AvgIpc) is 2.51. The van der Waals surface area contributed by atoms with Crippen LogP contribution in [0.15, 0.2) is 12.4 Å². The van der Waals surface area contributed by atoms with Crippen LogP contribution in [0.1, 0.15) is 12.7 Å². The molecule has 0 saturated heterocycles. The Morgan fingerprint density at radius 1 is 1.62 bits per heavy atom. The highest BCUT2D eigenvalue weighted by Gasteiger charge is 2.28. The highest BCUT2D eigenvalue weighted by atomic mass is 19.3. The SMILES string of the molecule is CCn1ccnc1CC(F)(F)CN. The van der Waals surface area contributed by atoms with Crippen molar-refractivity contribution in [3.05, 3.63) is 18.2 Å². The number of hydrogen-bond donors (Lipinski definition) is 1. The Balaban J connectivity index is 2.73. The molecule has 0 fully saturated rings. The summed E-state index contributed by atoms with van der Waals surface area (Å²) in [5, 5.41) is 0. The maximum Gasteiger partial charge on any atom is 0.267 e. The Labute approximate surface area is 75.6 Å². The van der Waals surface area contributed by atoms with Gasteiger partial charge in [0.25, 0.3) is 5.92 Å². The van der Waals surface area contributed by atoms with E-state index in [0.717, 1.165) is 0 Å². The fourth-order valence-corrected chi connectivity index (χ4v) is 1.10. The number of imidazole rings is 1. The molecule has 2 N–H and O–H groups in total. The lowest BCUT2D eigenvalue weighted by Gasteiger charge is -2.13. The van der Waals surface area contributed by atoms with Gasteiger partial charge < -0.3 is 10.3 Å². The van der Waals surface area contributed by atoms with Gasteiger partial charge in [-0.15, -0.1) is 0 Å². The van der Waals surface area contributed by atoms with E-state index in [0.29, 0.717) is 12.4 Å². The second kappa shape index (κ2) is 3.83. The summed E-state index contributed by atoms with van der Waals surface area (Å²) < 4.78 is 27.4. The molecule has 0 aliphatic rings. The number of halogens is 2. The quantitative estimate of drug-likeness (QED) is 0.769. The van der Waals surface area contributed by atoms with Crippen LogP contribution >= 0.6 is 0 Å². The first kappa shape index (κ1) is 10.1. The van der Waals surface area contributed by atoms with Crippen LogP contribution in [-0.2, 0) is 13.0 Å². The lowest BCUT2D eigenvalue weighted by molar-refractivity contribution is 0.00876. The predicted molar refractivity (Wildman–Crippen MR) is 45.6 cm³/mol. The van der Waals surface area contributed by atoms with Gasteiger partial charge >= 0.3 is 0 Å². The number of hydrogen-bond acceptors (Lipinski definition) is 2. The van der Waals surface area contributed by atoms with Gasteiger partial charge in [-0.05, 0) is 6.92 Å². The van der Waals surface area contributed by atoms with Crippen LogP contribution in [0.5, 0.6) is 0 Å². The van der Waals surface area contributed by atoms with E-state index < -0.39 is 12.5 Å². The topological polar surface area (TPSA) is 43.8 Å². The molecule has 0 aliphatic carbocycles. The molecule has 1 heterocycles. The fourth-order valence-electron chi connectivity index (χ4n) is 1.10. The van der Waals surface area contributed by atoms with Gasteiger partial charge in [0.05, 0.1) is 13.0 Å². The van der Waals surface area contributed by atoms with E-state index in [4.69, 9.17) is 5.73 Å². The third kappa shape index (κ3) is 2.48. The highest BCUT2D eigenvalue weighted by Crippen LogP contribution is 2.17. The minimum atomic E-state index is -2.85. The summed E-state index contributed by atoms with van der Waals surface area (Å²) in [5.41, 5.74) is 4.93. The zero-order valence-electron chi connectivity index (χ0n) is 7.50. The van der Waals surface area contributed by atoms with Gasteiger partial charge in [0.2, 0.25) is 0 Å². The molecule has 5 heteroatoms. The smallest absolute Gasteiger partial charge is 0.267 e. The average molecular weight is 189 g/mol. The number of nitrogens with two attached hydrogens (primary N) is 1. The molecule has 0 aromatic carbocycles. The molecule has 0 atom stereocenters.